The molecule has 0 amide bonds. The third kappa shape index (κ3) is 2.03. The number of pyridine rings is 1. The van der Waals surface area contributed by atoms with Gasteiger partial charge in [0.05, 0.1) is 19.7 Å². The van der Waals surface area contributed by atoms with Gasteiger partial charge in [-0.15, -0.1) is 0 Å². The van der Waals surface area contributed by atoms with Crippen LogP contribution in [0.4, 0.5) is 5.69 Å². The van der Waals surface area contributed by atoms with Crippen LogP contribution < -0.4 is 15.2 Å². The van der Waals surface area contributed by atoms with Crippen LogP contribution in [-0.2, 0) is 0 Å². The summed E-state index contributed by atoms with van der Waals surface area (Å²) in [7, 11) is 3.28. The van der Waals surface area contributed by atoms with E-state index in [-0.39, 0.29) is 0 Å². The normalized spacial score (nSPS) is 11.2. The highest BCUT2D eigenvalue weighted by molar-refractivity contribution is 6.16. The highest BCUT2D eigenvalue weighted by atomic mass is 16.5. The van der Waals surface area contributed by atoms with Gasteiger partial charge in [0.15, 0.2) is 11.5 Å². The molecule has 1 heterocycles. The molecule has 0 fully saturated rings. The number of anilines is 1. The fourth-order valence-corrected chi connectivity index (χ4v) is 3.06. The summed E-state index contributed by atoms with van der Waals surface area (Å²) >= 11 is 0. The number of fused-ring (bicyclic) bond motifs is 5. The lowest BCUT2D eigenvalue weighted by molar-refractivity contribution is 0.356. The highest BCUT2D eigenvalue weighted by Gasteiger charge is 2.10. The van der Waals surface area contributed by atoms with Crippen LogP contribution >= 0.6 is 0 Å². The van der Waals surface area contributed by atoms with Crippen molar-refractivity contribution in [1.29, 1.82) is 0 Å². The van der Waals surface area contributed by atoms with E-state index < -0.39 is 0 Å². The maximum atomic E-state index is 5.95. The number of nitrogens with two attached hydrogens (primary N) is 1. The lowest BCUT2D eigenvalue weighted by Crippen LogP contribution is -1.92. The minimum absolute atomic E-state index is 0.708. The Morgan fingerprint density at radius 1 is 0.783 bits per heavy atom. The zero-order chi connectivity index (χ0) is 16.0. The Kier molecular flexibility index (Phi) is 2.98. The Morgan fingerprint density at radius 2 is 1.57 bits per heavy atom. The van der Waals surface area contributed by atoms with Gasteiger partial charge in [-0.25, -0.2) is 0 Å². The molecule has 0 radical (unpaired) electrons. The molecule has 4 rings (SSSR count). The van der Waals surface area contributed by atoms with Gasteiger partial charge in [-0.2, -0.15) is 0 Å². The summed E-state index contributed by atoms with van der Waals surface area (Å²) in [5, 5.41) is 5.42. The number of hydrogen-bond donors (Lipinski definition) is 1. The van der Waals surface area contributed by atoms with Crippen molar-refractivity contribution in [3.05, 3.63) is 48.7 Å². The van der Waals surface area contributed by atoms with Gasteiger partial charge in [0.2, 0.25) is 0 Å². The quantitative estimate of drug-likeness (QED) is 0.446. The van der Waals surface area contributed by atoms with Crippen LogP contribution in [-0.4, -0.2) is 19.2 Å². The maximum absolute atomic E-state index is 5.95. The molecule has 3 aromatic carbocycles. The standard InChI is InChI=1S/C19H16N2O2/c1-22-18-7-11-3-5-13-15-8-12(20)4-6-17(15)21-10-16(13)14(11)9-19(18)23-2/h3-10H,20H2,1-2H3. The first-order valence-corrected chi connectivity index (χ1v) is 7.34. The summed E-state index contributed by atoms with van der Waals surface area (Å²) in [5.74, 6) is 1.43. The second kappa shape index (κ2) is 5.02. The molecular weight excluding hydrogens is 288 g/mol. The molecule has 0 aliphatic rings. The summed E-state index contributed by atoms with van der Waals surface area (Å²) in [6.07, 6.45) is 1.90. The van der Waals surface area contributed by atoms with Crippen molar-refractivity contribution < 1.29 is 9.47 Å². The van der Waals surface area contributed by atoms with Gasteiger partial charge >= 0.3 is 0 Å². The summed E-state index contributed by atoms with van der Waals surface area (Å²) in [6.45, 7) is 0. The zero-order valence-electron chi connectivity index (χ0n) is 13.0. The Bertz CT molecular complexity index is 1060. The van der Waals surface area contributed by atoms with E-state index in [1.54, 1.807) is 14.2 Å². The molecule has 0 atom stereocenters. The fraction of sp³-hybridized carbons (Fsp3) is 0.105. The molecule has 0 unspecified atom stereocenters. The summed E-state index contributed by atoms with van der Waals surface area (Å²) in [4.78, 5) is 4.57. The summed E-state index contributed by atoms with van der Waals surface area (Å²) < 4.78 is 10.8. The highest BCUT2D eigenvalue weighted by Crippen LogP contribution is 2.37. The predicted molar refractivity (Wildman–Crippen MR) is 94.3 cm³/mol. The van der Waals surface area contributed by atoms with Gasteiger partial charge in [0, 0.05) is 22.7 Å². The molecule has 2 N–H and O–H groups in total. The van der Waals surface area contributed by atoms with Crippen LogP contribution in [0.25, 0.3) is 32.4 Å². The lowest BCUT2D eigenvalue weighted by Gasteiger charge is -2.12. The van der Waals surface area contributed by atoms with Crippen LogP contribution in [0.2, 0.25) is 0 Å². The molecular formula is C19H16N2O2. The van der Waals surface area contributed by atoms with Crippen molar-refractivity contribution in [2.75, 3.05) is 20.0 Å². The Morgan fingerprint density at radius 3 is 2.35 bits per heavy atom. The predicted octanol–water partition coefficient (Wildman–Crippen LogP) is 4.14. The van der Waals surface area contributed by atoms with Crippen LogP contribution in [0, 0.1) is 0 Å². The van der Waals surface area contributed by atoms with Crippen LogP contribution in [0.1, 0.15) is 0 Å². The summed E-state index contributed by atoms with van der Waals surface area (Å²) in [5.41, 5.74) is 7.62. The topological polar surface area (TPSA) is 57.4 Å². The number of ether oxygens (including phenoxy) is 2. The van der Waals surface area contributed by atoms with E-state index >= 15 is 0 Å². The van der Waals surface area contributed by atoms with Gasteiger partial charge in [-0.05, 0) is 46.5 Å². The first-order chi connectivity index (χ1) is 11.2. The number of benzene rings is 3. The van der Waals surface area contributed by atoms with Crippen LogP contribution in [0.15, 0.2) is 48.7 Å². The van der Waals surface area contributed by atoms with Gasteiger partial charge in [0.1, 0.15) is 0 Å². The van der Waals surface area contributed by atoms with Gasteiger partial charge < -0.3 is 15.2 Å². The first-order valence-electron chi connectivity index (χ1n) is 7.34. The van der Waals surface area contributed by atoms with Crippen molar-refractivity contribution in [1.82, 2.24) is 4.98 Å². The number of hydrogen-bond acceptors (Lipinski definition) is 4. The van der Waals surface area contributed by atoms with Crippen molar-refractivity contribution >= 4 is 38.1 Å². The molecule has 0 bridgehead atoms. The minimum atomic E-state index is 0.708. The molecule has 4 heteroatoms. The molecule has 4 nitrogen and oxygen atoms in total. The van der Waals surface area contributed by atoms with E-state index in [1.165, 1.54) is 0 Å². The molecule has 4 aromatic rings. The number of rotatable bonds is 2. The molecule has 1 aromatic heterocycles. The maximum Gasteiger partial charge on any atom is 0.161 e. The number of aromatic nitrogens is 1. The van der Waals surface area contributed by atoms with E-state index in [0.717, 1.165) is 43.9 Å². The Hall–Kier alpha value is -3.01. The monoisotopic (exact) mass is 304 g/mol. The molecule has 0 aliphatic heterocycles. The van der Waals surface area contributed by atoms with Crippen molar-refractivity contribution in [3.63, 3.8) is 0 Å². The average molecular weight is 304 g/mol. The van der Waals surface area contributed by atoms with Gasteiger partial charge in [-0.1, -0.05) is 12.1 Å². The largest absolute Gasteiger partial charge is 0.493 e. The van der Waals surface area contributed by atoms with Gasteiger partial charge in [-0.3, -0.25) is 4.98 Å². The number of nitrogen functional groups attached to an aromatic ring is 1. The molecule has 114 valence electrons. The fourth-order valence-electron chi connectivity index (χ4n) is 3.06. The van der Waals surface area contributed by atoms with Gasteiger partial charge in [0.25, 0.3) is 0 Å². The number of methoxy groups -OCH3 is 2. The first kappa shape index (κ1) is 13.6. The number of nitrogens with zero attached hydrogens (tertiary/aromatic N) is 1. The zero-order valence-corrected chi connectivity index (χ0v) is 13.0. The Labute approximate surface area is 133 Å². The van der Waals surface area contributed by atoms with E-state index in [4.69, 9.17) is 15.2 Å². The molecule has 0 saturated carbocycles. The van der Waals surface area contributed by atoms with E-state index in [9.17, 15) is 0 Å². The van der Waals surface area contributed by atoms with E-state index in [1.807, 2.05) is 36.5 Å². The lowest BCUT2D eigenvalue weighted by atomic mass is 9.99. The van der Waals surface area contributed by atoms with Crippen molar-refractivity contribution in [2.24, 2.45) is 0 Å². The summed E-state index contributed by atoms with van der Waals surface area (Å²) in [6, 6.07) is 14.0. The van der Waals surface area contributed by atoms with Crippen LogP contribution in [0.3, 0.4) is 0 Å². The Balaban J connectivity index is 2.16. The average Bonchev–Trinajstić information content (AvgIpc) is 2.59. The molecule has 23 heavy (non-hydrogen) atoms. The van der Waals surface area contributed by atoms with E-state index in [0.29, 0.717) is 5.75 Å². The third-order valence-electron chi connectivity index (χ3n) is 4.21. The second-order valence-corrected chi connectivity index (χ2v) is 5.49. The van der Waals surface area contributed by atoms with Crippen molar-refractivity contribution in [2.45, 2.75) is 0 Å². The van der Waals surface area contributed by atoms with Crippen molar-refractivity contribution in [3.8, 4) is 11.5 Å². The molecule has 0 aliphatic carbocycles. The third-order valence-corrected chi connectivity index (χ3v) is 4.21. The SMILES string of the molecule is COc1cc2ccc3c4cc(N)ccc4ncc3c2cc1OC. The smallest absolute Gasteiger partial charge is 0.161 e. The van der Waals surface area contributed by atoms with Crippen LogP contribution in [0.5, 0.6) is 11.5 Å². The minimum Gasteiger partial charge on any atom is -0.493 e. The molecule has 0 saturated heterocycles. The molecule has 0 spiro atoms. The second-order valence-electron chi connectivity index (χ2n) is 5.49. The van der Waals surface area contributed by atoms with E-state index in [2.05, 4.69) is 17.1 Å².